The highest BCUT2D eigenvalue weighted by atomic mass is 15.0. The van der Waals surface area contributed by atoms with Crippen LogP contribution in [0, 0.1) is 0 Å². The van der Waals surface area contributed by atoms with Gasteiger partial charge in [-0.1, -0.05) is 188 Å². The standard InChI is InChI=1S/C62H39N3/c1-3-15-43(16-4-1)62-63-56(39-57(64-62)53-23-13-25-59-61(53)54-22-11-12-24-58(54)65(59)49-18-5-2-6-19-49)42-28-26-40(27-29-42)44-30-31-46-37-48(33-32-45(46)36-44)60-51-21-10-8-17-47(51)38-55-50-20-9-7-14-41(50)34-35-52(55)60/h1-39H. The molecule has 13 rings (SSSR count). The van der Waals surface area contributed by atoms with Gasteiger partial charge in [0.15, 0.2) is 5.82 Å². The Bertz CT molecular complexity index is 3980. The topological polar surface area (TPSA) is 30.7 Å². The molecule has 0 amide bonds. The van der Waals surface area contributed by atoms with Crippen molar-refractivity contribution in [1.29, 1.82) is 0 Å². The first-order chi connectivity index (χ1) is 32.2. The minimum absolute atomic E-state index is 0.699. The summed E-state index contributed by atoms with van der Waals surface area (Å²) in [5.41, 5.74) is 13.1. The van der Waals surface area contributed by atoms with E-state index in [0.717, 1.165) is 50.4 Å². The van der Waals surface area contributed by atoms with Crippen LogP contribution in [-0.4, -0.2) is 14.5 Å². The first-order valence-corrected chi connectivity index (χ1v) is 22.2. The van der Waals surface area contributed by atoms with E-state index < -0.39 is 0 Å². The summed E-state index contributed by atoms with van der Waals surface area (Å²) in [5, 5.41) is 12.4. The summed E-state index contributed by atoms with van der Waals surface area (Å²) in [7, 11) is 0. The van der Waals surface area contributed by atoms with Crippen LogP contribution in [0.4, 0.5) is 0 Å². The van der Waals surface area contributed by atoms with Gasteiger partial charge in [-0.05, 0) is 114 Å². The molecule has 302 valence electrons. The zero-order chi connectivity index (χ0) is 42.8. The molecule has 0 saturated carbocycles. The minimum atomic E-state index is 0.699. The van der Waals surface area contributed by atoms with E-state index in [1.54, 1.807) is 0 Å². The molecule has 0 atom stereocenters. The average molecular weight is 826 g/mol. The minimum Gasteiger partial charge on any atom is -0.309 e. The van der Waals surface area contributed by atoms with Gasteiger partial charge < -0.3 is 4.57 Å². The summed E-state index contributed by atoms with van der Waals surface area (Å²) in [6.07, 6.45) is 0. The largest absolute Gasteiger partial charge is 0.309 e. The second-order valence-electron chi connectivity index (χ2n) is 16.9. The van der Waals surface area contributed by atoms with Crippen LogP contribution in [0.15, 0.2) is 237 Å². The molecular weight excluding hydrogens is 787 g/mol. The molecule has 2 heterocycles. The molecule has 0 spiro atoms. The predicted octanol–water partition coefficient (Wildman–Crippen LogP) is 16.5. The Morgan fingerprint density at radius 1 is 0.292 bits per heavy atom. The summed E-state index contributed by atoms with van der Waals surface area (Å²) in [4.78, 5) is 10.5. The molecule has 0 unspecified atom stereocenters. The van der Waals surface area contributed by atoms with Crippen LogP contribution in [0.25, 0.3) is 127 Å². The fraction of sp³-hybridized carbons (Fsp3) is 0. The molecule has 0 N–H and O–H groups in total. The predicted molar refractivity (Wildman–Crippen MR) is 274 cm³/mol. The first-order valence-electron chi connectivity index (χ1n) is 22.2. The van der Waals surface area contributed by atoms with Crippen LogP contribution in [0.1, 0.15) is 0 Å². The maximum atomic E-state index is 5.28. The fourth-order valence-electron chi connectivity index (χ4n) is 10.1. The lowest BCUT2D eigenvalue weighted by atomic mass is 9.89. The molecule has 0 fully saturated rings. The third-order valence-corrected chi connectivity index (χ3v) is 13.2. The van der Waals surface area contributed by atoms with E-state index in [1.807, 2.05) is 18.2 Å². The summed E-state index contributed by atoms with van der Waals surface area (Å²) >= 11 is 0. The zero-order valence-corrected chi connectivity index (χ0v) is 35.4. The van der Waals surface area contributed by atoms with Crippen molar-refractivity contribution >= 4 is 64.9 Å². The van der Waals surface area contributed by atoms with E-state index >= 15 is 0 Å². The Morgan fingerprint density at radius 2 is 0.892 bits per heavy atom. The van der Waals surface area contributed by atoms with Crippen molar-refractivity contribution in [2.75, 3.05) is 0 Å². The number of hydrogen-bond acceptors (Lipinski definition) is 2. The number of fused-ring (bicyclic) bond motifs is 8. The Balaban J connectivity index is 0.891. The molecule has 0 aliphatic heterocycles. The molecule has 0 radical (unpaired) electrons. The number of rotatable bonds is 6. The van der Waals surface area contributed by atoms with Crippen molar-refractivity contribution in [3.05, 3.63) is 237 Å². The van der Waals surface area contributed by atoms with Gasteiger partial charge in [0.05, 0.1) is 22.4 Å². The summed E-state index contributed by atoms with van der Waals surface area (Å²) < 4.78 is 2.35. The van der Waals surface area contributed by atoms with Gasteiger partial charge in [-0.2, -0.15) is 0 Å². The van der Waals surface area contributed by atoms with Crippen molar-refractivity contribution < 1.29 is 0 Å². The molecule has 3 nitrogen and oxygen atoms in total. The number of para-hydroxylation sites is 2. The molecule has 0 aliphatic rings. The number of nitrogens with zero attached hydrogens (tertiary/aromatic N) is 3. The van der Waals surface area contributed by atoms with Crippen LogP contribution in [0.2, 0.25) is 0 Å². The SMILES string of the molecule is c1ccc(-c2nc(-c3ccc(-c4ccc5cc(-c6c7ccccc7cc7c6ccc6ccccc67)ccc5c4)cc3)cc(-c3cccc4c3c3ccccc3n4-c3ccccc3)n2)cc1. The summed E-state index contributed by atoms with van der Waals surface area (Å²) in [6, 6.07) is 85.2. The molecule has 0 bridgehead atoms. The number of aromatic nitrogens is 3. The molecule has 11 aromatic carbocycles. The Kier molecular flexibility index (Phi) is 8.53. The van der Waals surface area contributed by atoms with Gasteiger partial charge in [0.25, 0.3) is 0 Å². The van der Waals surface area contributed by atoms with Crippen LogP contribution >= 0.6 is 0 Å². The van der Waals surface area contributed by atoms with Crippen molar-refractivity contribution in [1.82, 2.24) is 14.5 Å². The highest BCUT2D eigenvalue weighted by Crippen LogP contribution is 2.42. The monoisotopic (exact) mass is 825 g/mol. The summed E-state index contributed by atoms with van der Waals surface area (Å²) in [6.45, 7) is 0. The van der Waals surface area contributed by atoms with E-state index in [9.17, 15) is 0 Å². The number of benzene rings is 11. The first kappa shape index (κ1) is 36.9. The summed E-state index contributed by atoms with van der Waals surface area (Å²) in [5.74, 6) is 0.699. The highest BCUT2D eigenvalue weighted by molar-refractivity contribution is 6.20. The van der Waals surface area contributed by atoms with Crippen molar-refractivity contribution in [2.24, 2.45) is 0 Å². The van der Waals surface area contributed by atoms with E-state index in [2.05, 4.69) is 223 Å². The van der Waals surface area contributed by atoms with Crippen LogP contribution in [-0.2, 0) is 0 Å². The second-order valence-corrected chi connectivity index (χ2v) is 16.9. The Morgan fingerprint density at radius 3 is 1.71 bits per heavy atom. The quantitative estimate of drug-likeness (QED) is 0.123. The number of hydrogen-bond donors (Lipinski definition) is 0. The van der Waals surface area contributed by atoms with Gasteiger partial charge in [-0.3, -0.25) is 0 Å². The third kappa shape index (κ3) is 6.20. The van der Waals surface area contributed by atoms with Gasteiger partial charge in [0, 0.05) is 33.2 Å². The van der Waals surface area contributed by atoms with E-state index in [0.29, 0.717) is 5.82 Å². The van der Waals surface area contributed by atoms with Crippen molar-refractivity contribution in [2.45, 2.75) is 0 Å². The maximum Gasteiger partial charge on any atom is 0.160 e. The van der Waals surface area contributed by atoms with Gasteiger partial charge in [-0.25, -0.2) is 9.97 Å². The Hall–Kier alpha value is -8.66. The molecule has 65 heavy (non-hydrogen) atoms. The highest BCUT2D eigenvalue weighted by Gasteiger charge is 2.19. The van der Waals surface area contributed by atoms with Crippen LogP contribution in [0.3, 0.4) is 0 Å². The molecule has 3 heteroatoms. The van der Waals surface area contributed by atoms with Crippen molar-refractivity contribution in [3.63, 3.8) is 0 Å². The molecule has 0 aliphatic carbocycles. The van der Waals surface area contributed by atoms with E-state index in [1.165, 1.54) is 70.6 Å². The van der Waals surface area contributed by atoms with Gasteiger partial charge in [0.1, 0.15) is 0 Å². The lowest BCUT2D eigenvalue weighted by molar-refractivity contribution is 1.18. The van der Waals surface area contributed by atoms with Gasteiger partial charge >= 0.3 is 0 Å². The normalized spacial score (nSPS) is 11.7. The van der Waals surface area contributed by atoms with E-state index in [4.69, 9.17) is 9.97 Å². The molecule has 2 aromatic heterocycles. The van der Waals surface area contributed by atoms with Gasteiger partial charge in [0.2, 0.25) is 0 Å². The molecule has 13 aromatic rings. The second kappa shape index (κ2) is 15.0. The van der Waals surface area contributed by atoms with Crippen LogP contribution in [0.5, 0.6) is 0 Å². The smallest absolute Gasteiger partial charge is 0.160 e. The fourth-order valence-corrected chi connectivity index (χ4v) is 10.1. The molecular formula is C62H39N3. The molecule has 0 saturated heterocycles. The van der Waals surface area contributed by atoms with Gasteiger partial charge in [-0.15, -0.1) is 0 Å². The van der Waals surface area contributed by atoms with E-state index in [-0.39, 0.29) is 0 Å². The third-order valence-electron chi connectivity index (χ3n) is 13.2. The van der Waals surface area contributed by atoms with Crippen LogP contribution < -0.4 is 0 Å². The van der Waals surface area contributed by atoms with Crippen molar-refractivity contribution in [3.8, 4) is 61.8 Å². The Labute approximate surface area is 376 Å². The zero-order valence-electron chi connectivity index (χ0n) is 35.4. The maximum absolute atomic E-state index is 5.28. The lowest BCUT2D eigenvalue weighted by Crippen LogP contribution is -1.96. The average Bonchev–Trinajstić information content (AvgIpc) is 3.73. The lowest BCUT2D eigenvalue weighted by Gasteiger charge is -2.15.